The Kier molecular flexibility index (Phi) is 9.78. The van der Waals surface area contributed by atoms with E-state index in [1.807, 2.05) is 53.8 Å². The van der Waals surface area contributed by atoms with Crippen LogP contribution in [0.15, 0.2) is 54.4 Å². The van der Waals surface area contributed by atoms with Crippen molar-refractivity contribution in [2.24, 2.45) is 10.8 Å². The van der Waals surface area contributed by atoms with Gasteiger partial charge in [-0.25, -0.2) is 0 Å². The first-order valence-electron chi connectivity index (χ1n) is 11.0. The average molecular weight is 623 g/mol. The molecular weight excluding hydrogens is 587 g/mol. The molecule has 0 fully saturated rings. The standard InChI is InChI=1S/C18H16N.C11H20O2.Ir/c1-12-4-6-15-8-9-19-18(17(15)10-12)16-7-5-13(2)14(3)11-16;1-10(2,3)8(12)7-9(13)11(4,5)6;/h4-6,8-11H,1-3H3;7,12H,1-6H3;/q-1;;/b;8-7-;. The second-order valence-corrected chi connectivity index (χ2v) is 10.5. The summed E-state index contributed by atoms with van der Waals surface area (Å²) >= 11 is 0. The summed E-state index contributed by atoms with van der Waals surface area (Å²) in [6.45, 7) is 17.5. The summed E-state index contributed by atoms with van der Waals surface area (Å²) in [6, 6.07) is 16.1. The van der Waals surface area contributed by atoms with Crippen LogP contribution in [0.1, 0.15) is 58.2 Å². The fourth-order valence-corrected chi connectivity index (χ4v) is 2.86. The van der Waals surface area contributed by atoms with Crippen LogP contribution < -0.4 is 0 Å². The fourth-order valence-electron chi connectivity index (χ4n) is 2.86. The predicted octanol–water partition coefficient (Wildman–Crippen LogP) is 7.71. The van der Waals surface area contributed by atoms with Crippen LogP contribution in [0, 0.1) is 37.7 Å². The van der Waals surface area contributed by atoms with Crippen LogP contribution in [-0.4, -0.2) is 15.9 Å². The number of benzene rings is 2. The molecule has 2 aromatic carbocycles. The molecule has 4 heteroatoms. The number of allylic oxidation sites excluding steroid dienone is 2. The van der Waals surface area contributed by atoms with Crippen molar-refractivity contribution in [3.63, 3.8) is 0 Å². The van der Waals surface area contributed by atoms with Crippen molar-refractivity contribution < 1.29 is 30.0 Å². The first-order chi connectivity index (χ1) is 14.7. The molecule has 0 aliphatic rings. The maximum atomic E-state index is 11.5. The van der Waals surface area contributed by atoms with Crippen LogP contribution >= 0.6 is 0 Å². The molecule has 0 aliphatic heterocycles. The fraction of sp³-hybridized carbons (Fsp3) is 0.379. The quantitative estimate of drug-likeness (QED) is 0.181. The van der Waals surface area contributed by atoms with E-state index >= 15 is 0 Å². The average Bonchev–Trinajstić information content (AvgIpc) is 2.68. The van der Waals surface area contributed by atoms with Gasteiger partial charge in [-0.15, -0.1) is 34.9 Å². The Hall–Kier alpha value is -2.29. The largest absolute Gasteiger partial charge is 0.512 e. The molecule has 1 N–H and O–H groups in total. The Balaban J connectivity index is 0.000000346. The van der Waals surface area contributed by atoms with E-state index in [1.165, 1.54) is 33.5 Å². The minimum atomic E-state index is -0.417. The summed E-state index contributed by atoms with van der Waals surface area (Å²) in [4.78, 5) is 16.0. The smallest absolute Gasteiger partial charge is 0.164 e. The van der Waals surface area contributed by atoms with E-state index in [9.17, 15) is 9.90 Å². The number of aliphatic hydroxyl groups excluding tert-OH is 1. The molecule has 0 amide bonds. The third-order valence-corrected chi connectivity index (χ3v) is 5.38. The number of carbonyl (C=O) groups is 1. The van der Waals surface area contributed by atoms with Gasteiger partial charge in [-0.2, -0.15) is 0 Å². The van der Waals surface area contributed by atoms with Gasteiger partial charge in [-0.1, -0.05) is 79.2 Å². The SMILES string of the molecule is CC(C)(C)C(=O)/C=C(\O)C(C)(C)C.Cc1ccc2ccnc(-c3[c-]cc(C)c(C)c3)c2c1.[Ir]. The molecule has 0 aliphatic carbocycles. The van der Waals surface area contributed by atoms with E-state index in [2.05, 4.69) is 62.2 Å². The summed E-state index contributed by atoms with van der Waals surface area (Å²) in [7, 11) is 0. The minimum Gasteiger partial charge on any atom is -0.512 e. The molecule has 3 aromatic rings. The maximum absolute atomic E-state index is 11.5. The number of rotatable bonds is 2. The van der Waals surface area contributed by atoms with Crippen molar-refractivity contribution in [3.8, 4) is 11.3 Å². The number of nitrogens with zero attached hydrogens (tertiary/aromatic N) is 1. The van der Waals surface area contributed by atoms with Crippen LogP contribution in [0.5, 0.6) is 0 Å². The van der Waals surface area contributed by atoms with Crippen LogP contribution in [0.3, 0.4) is 0 Å². The Morgan fingerprint density at radius 1 is 0.939 bits per heavy atom. The molecule has 3 rings (SSSR count). The topological polar surface area (TPSA) is 50.2 Å². The first-order valence-corrected chi connectivity index (χ1v) is 11.0. The molecule has 3 nitrogen and oxygen atoms in total. The Morgan fingerprint density at radius 2 is 1.58 bits per heavy atom. The molecule has 1 aromatic heterocycles. The van der Waals surface area contributed by atoms with Gasteiger partial charge in [0.15, 0.2) is 5.78 Å². The number of hydrogen-bond donors (Lipinski definition) is 1. The molecule has 0 saturated heterocycles. The molecule has 0 atom stereocenters. The van der Waals surface area contributed by atoms with E-state index in [-0.39, 0.29) is 37.1 Å². The molecule has 33 heavy (non-hydrogen) atoms. The molecule has 0 spiro atoms. The Labute approximate surface area is 212 Å². The van der Waals surface area contributed by atoms with E-state index in [0.717, 1.165) is 11.3 Å². The van der Waals surface area contributed by atoms with E-state index in [0.29, 0.717) is 0 Å². The Morgan fingerprint density at radius 3 is 2.12 bits per heavy atom. The molecule has 1 radical (unpaired) electrons. The number of aryl methyl sites for hydroxylation is 3. The summed E-state index contributed by atoms with van der Waals surface area (Å²) in [6.07, 6.45) is 3.20. The van der Waals surface area contributed by atoms with E-state index in [4.69, 9.17) is 0 Å². The maximum Gasteiger partial charge on any atom is 0.164 e. The van der Waals surface area contributed by atoms with Crippen molar-refractivity contribution in [2.45, 2.75) is 62.3 Å². The molecule has 1 heterocycles. The van der Waals surface area contributed by atoms with Crippen LogP contribution in [0.4, 0.5) is 0 Å². The van der Waals surface area contributed by atoms with Crippen molar-refractivity contribution in [1.82, 2.24) is 4.98 Å². The normalized spacial score (nSPS) is 12.0. The van der Waals surface area contributed by atoms with Crippen LogP contribution in [0.2, 0.25) is 0 Å². The second kappa shape index (κ2) is 11.2. The van der Waals surface area contributed by atoms with Gasteiger partial charge in [0.1, 0.15) is 5.76 Å². The number of hydrogen-bond acceptors (Lipinski definition) is 3. The van der Waals surface area contributed by atoms with Crippen molar-refractivity contribution in [1.29, 1.82) is 0 Å². The third-order valence-electron chi connectivity index (χ3n) is 5.38. The van der Waals surface area contributed by atoms with Gasteiger partial charge in [0.05, 0.1) is 0 Å². The Bertz CT molecular complexity index is 1150. The predicted molar refractivity (Wildman–Crippen MR) is 135 cm³/mol. The molecular formula is C29H36IrNO2-. The number of pyridine rings is 1. The number of aromatic nitrogens is 1. The summed E-state index contributed by atoms with van der Waals surface area (Å²) in [5, 5.41) is 12.0. The zero-order valence-corrected chi connectivity index (χ0v) is 23.6. The van der Waals surface area contributed by atoms with Gasteiger partial charge in [-0.3, -0.25) is 4.79 Å². The van der Waals surface area contributed by atoms with Gasteiger partial charge < -0.3 is 10.1 Å². The molecule has 179 valence electrons. The van der Waals surface area contributed by atoms with Crippen LogP contribution in [-0.2, 0) is 24.9 Å². The van der Waals surface area contributed by atoms with Gasteiger partial charge >= 0.3 is 0 Å². The monoisotopic (exact) mass is 623 g/mol. The van der Waals surface area contributed by atoms with Crippen molar-refractivity contribution >= 4 is 16.6 Å². The van der Waals surface area contributed by atoms with Crippen LogP contribution in [0.25, 0.3) is 22.0 Å². The summed E-state index contributed by atoms with van der Waals surface area (Å²) in [5.41, 5.74) is 5.12. The first kappa shape index (κ1) is 28.7. The van der Waals surface area contributed by atoms with Gasteiger partial charge in [0, 0.05) is 43.2 Å². The van der Waals surface area contributed by atoms with Gasteiger partial charge in [0.2, 0.25) is 0 Å². The number of ketones is 1. The summed E-state index contributed by atoms with van der Waals surface area (Å²) in [5.74, 6) is 0.104. The second-order valence-electron chi connectivity index (χ2n) is 10.5. The van der Waals surface area contributed by atoms with Crippen molar-refractivity contribution in [3.05, 3.63) is 77.2 Å². The zero-order valence-electron chi connectivity index (χ0n) is 21.3. The summed E-state index contributed by atoms with van der Waals surface area (Å²) < 4.78 is 0. The molecule has 0 unspecified atom stereocenters. The minimum absolute atomic E-state index is 0. The van der Waals surface area contributed by atoms with Gasteiger partial charge in [-0.05, 0) is 29.5 Å². The zero-order chi connectivity index (χ0) is 24.3. The number of carbonyl (C=O) groups excluding carboxylic acids is 1. The molecule has 0 saturated carbocycles. The molecule has 0 bridgehead atoms. The third kappa shape index (κ3) is 7.91. The number of aliphatic hydroxyl groups is 1. The van der Waals surface area contributed by atoms with E-state index < -0.39 is 5.41 Å². The van der Waals surface area contributed by atoms with Crippen molar-refractivity contribution in [2.75, 3.05) is 0 Å². The van der Waals surface area contributed by atoms with Gasteiger partial charge in [0.25, 0.3) is 0 Å². The van der Waals surface area contributed by atoms with E-state index in [1.54, 1.807) is 0 Å². The number of fused-ring (bicyclic) bond motifs is 1.